The lowest BCUT2D eigenvalue weighted by Gasteiger charge is -2.34. The topological polar surface area (TPSA) is 104 Å². The third-order valence-corrected chi connectivity index (χ3v) is 7.14. The normalized spacial score (nSPS) is 14.6. The molecule has 0 spiro atoms. The summed E-state index contributed by atoms with van der Waals surface area (Å²) in [7, 11) is 0. The third-order valence-electron chi connectivity index (χ3n) is 5.50. The Labute approximate surface area is 195 Å². The number of carbonyl (C=O) groups is 2. The number of benzene rings is 1. The maximum atomic E-state index is 12.6. The van der Waals surface area contributed by atoms with Gasteiger partial charge in [0.05, 0.1) is 17.7 Å². The second kappa shape index (κ2) is 9.85. The lowest BCUT2D eigenvalue weighted by Crippen LogP contribution is -2.50. The smallest absolute Gasteiger partial charge is 0.238 e. The van der Waals surface area contributed by atoms with E-state index in [1.165, 1.54) is 23.1 Å². The van der Waals surface area contributed by atoms with Crippen molar-refractivity contribution < 1.29 is 9.59 Å². The second-order valence-electron chi connectivity index (χ2n) is 7.79. The molecule has 1 aliphatic rings. The van der Waals surface area contributed by atoms with Crippen LogP contribution in [0.15, 0.2) is 34.8 Å². The molecule has 0 saturated carbocycles. The van der Waals surface area contributed by atoms with Crippen molar-refractivity contribution in [1.29, 1.82) is 0 Å². The first-order chi connectivity index (χ1) is 15.4. The highest BCUT2D eigenvalue weighted by Gasteiger charge is 2.23. The largest absolute Gasteiger partial charge is 0.383 e. The Morgan fingerprint density at radius 1 is 1.12 bits per heavy atom. The van der Waals surface area contributed by atoms with E-state index in [-0.39, 0.29) is 17.6 Å². The van der Waals surface area contributed by atoms with Gasteiger partial charge in [-0.2, -0.15) is 0 Å². The minimum absolute atomic E-state index is 0.0311. The zero-order valence-electron chi connectivity index (χ0n) is 18.1. The zero-order valence-corrected chi connectivity index (χ0v) is 19.8. The summed E-state index contributed by atoms with van der Waals surface area (Å²) in [6, 6.07) is 7.86. The van der Waals surface area contributed by atoms with Crippen molar-refractivity contribution in [3.8, 4) is 0 Å². The summed E-state index contributed by atoms with van der Waals surface area (Å²) in [5.41, 5.74) is 8.96. The van der Waals surface area contributed by atoms with Crippen LogP contribution in [0.2, 0.25) is 0 Å². The monoisotopic (exact) mass is 470 g/mol. The number of hydrogen-bond acceptors (Lipinski definition) is 8. The fourth-order valence-electron chi connectivity index (χ4n) is 3.69. The highest BCUT2D eigenvalue weighted by molar-refractivity contribution is 7.99. The maximum Gasteiger partial charge on any atom is 0.238 e. The molecule has 10 heteroatoms. The average Bonchev–Trinajstić information content (AvgIpc) is 3.25. The van der Waals surface area contributed by atoms with Crippen molar-refractivity contribution in [3.05, 3.63) is 40.8 Å². The summed E-state index contributed by atoms with van der Waals surface area (Å²) in [6.45, 7) is 6.83. The van der Waals surface area contributed by atoms with Gasteiger partial charge in [0.25, 0.3) is 0 Å². The van der Waals surface area contributed by atoms with Crippen LogP contribution in [0.1, 0.15) is 11.1 Å². The molecule has 3 heterocycles. The Hall–Kier alpha value is -2.69. The number of aryl methyl sites for hydroxylation is 2. The van der Waals surface area contributed by atoms with Crippen molar-refractivity contribution in [2.24, 2.45) is 0 Å². The molecule has 1 aliphatic heterocycles. The van der Waals surface area contributed by atoms with Crippen molar-refractivity contribution in [2.75, 3.05) is 49.5 Å². The van der Waals surface area contributed by atoms with Crippen LogP contribution in [0.4, 0.5) is 11.5 Å². The molecule has 32 heavy (non-hydrogen) atoms. The number of rotatable bonds is 6. The predicted octanol–water partition coefficient (Wildman–Crippen LogP) is 2.77. The fraction of sp³-hybridized carbons (Fsp3) is 0.364. The number of thiophene rings is 1. The highest BCUT2D eigenvalue weighted by atomic mass is 32.2. The van der Waals surface area contributed by atoms with Gasteiger partial charge in [-0.25, -0.2) is 9.97 Å². The molecule has 1 saturated heterocycles. The molecule has 168 valence electrons. The number of hydrogen-bond donors (Lipinski definition) is 2. The number of anilines is 2. The van der Waals surface area contributed by atoms with Crippen molar-refractivity contribution >= 4 is 56.6 Å². The van der Waals surface area contributed by atoms with Gasteiger partial charge in [-0.15, -0.1) is 11.3 Å². The number of nitrogens with one attached hydrogen (secondary N) is 1. The molecule has 0 unspecified atom stereocenters. The number of aromatic nitrogens is 2. The minimum Gasteiger partial charge on any atom is -0.383 e. The quantitative estimate of drug-likeness (QED) is 0.422. The van der Waals surface area contributed by atoms with Gasteiger partial charge < -0.3 is 16.0 Å². The Balaban J connectivity index is 1.24. The Kier molecular flexibility index (Phi) is 6.92. The molecule has 4 rings (SSSR count). The first kappa shape index (κ1) is 22.5. The number of piperazine rings is 1. The van der Waals surface area contributed by atoms with E-state index >= 15 is 0 Å². The van der Waals surface area contributed by atoms with Crippen LogP contribution in [0.5, 0.6) is 0 Å². The molecular formula is C22H26N6O2S2. The Morgan fingerprint density at radius 2 is 1.84 bits per heavy atom. The van der Waals surface area contributed by atoms with E-state index in [2.05, 4.69) is 20.2 Å². The van der Waals surface area contributed by atoms with Crippen LogP contribution in [0.25, 0.3) is 10.2 Å². The summed E-state index contributed by atoms with van der Waals surface area (Å²) in [4.78, 5) is 38.7. The Bertz CT molecular complexity index is 1120. The molecule has 0 bridgehead atoms. The average molecular weight is 471 g/mol. The molecule has 0 aliphatic carbocycles. The molecule has 3 aromatic rings. The molecule has 0 atom stereocenters. The van der Waals surface area contributed by atoms with Crippen LogP contribution in [-0.4, -0.2) is 70.1 Å². The highest BCUT2D eigenvalue weighted by Crippen LogP contribution is 2.26. The predicted molar refractivity (Wildman–Crippen MR) is 130 cm³/mol. The minimum atomic E-state index is -0.0311. The number of para-hydroxylation sites is 1. The van der Waals surface area contributed by atoms with E-state index in [0.717, 1.165) is 27.0 Å². The van der Waals surface area contributed by atoms with Crippen LogP contribution in [0, 0.1) is 13.8 Å². The molecule has 2 aromatic heterocycles. The standard InChI is InChI=1S/C22H26N6O2S2/c1-14-4-3-5-15(2)19(14)24-17(29)12-27-7-9-28(10-8-27)18(30)13-32-22-25-20(23)16-6-11-31-21(16)26-22/h3-6,11H,7-10,12-13H2,1-2H3,(H,24,29)(H2,23,25,26). The number of nitrogens with two attached hydrogens (primary N) is 1. The van der Waals surface area contributed by atoms with E-state index in [0.29, 0.717) is 43.7 Å². The SMILES string of the molecule is Cc1cccc(C)c1NC(=O)CN1CCN(C(=O)CSc2nc(N)c3ccsc3n2)CC1. The molecule has 1 fully saturated rings. The number of nitrogens with zero attached hydrogens (tertiary/aromatic N) is 4. The lowest BCUT2D eigenvalue weighted by molar-refractivity contribution is -0.130. The lowest BCUT2D eigenvalue weighted by atomic mass is 10.1. The van der Waals surface area contributed by atoms with Crippen LogP contribution < -0.4 is 11.1 Å². The summed E-state index contributed by atoms with van der Waals surface area (Å²) >= 11 is 2.81. The molecule has 3 N–H and O–H groups in total. The van der Waals surface area contributed by atoms with Gasteiger partial charge in [-0.3, -0.25) is 14.5 Å². The van der Waals surface area contributed by atoms with E-state index in [4.69, 9.17) is 5.73 Å². The first-order valence-corrected chi connectivity index (χ1v) is 12.3. The zero-order chi connectivity index (χ0) is 22.7. The summed E-state index contributed by atoms with van der Waals surface area (Å²) in [6.07, 6.45) is 0. The molecular weight excluding hydrogens is 444 g/mol. The first-order valence-electron chi connectivity index (χ1n) is 10.4. The summed E-state index contributed by atoms with van der Waals surface area (Å²) < 4.78 is 0. The molecule has 0 radical (unpaired) electrons. The molecule has 2 amide bonds. The second-order valence-corrected chi connectivity index (χ2v) is 9.63. The molecule has 1 aromatic carbocycles. The van der Waals surface area contributed by atoms with Crippen molar-refractivity contribution in [3.63, 3.8) is 0 Å². The third kappa shape index (κ3) is 5.20. The van der Waals surface area contributed by atoms with Crippen molar-refractivity contribution in [2.45, 2.75) is 19.0 Å². The van der Waals surface area contributed by atoms with Gasteiger partial charge in [0.15, 0.2) is 5.16 Å². The van der Waals surface area contributed by atoms with E-state index in [9.17, 15) is 9.59 Å². The van der Waals surface area contributed by atoms with Gasteiger partial charge in [0.1, 0.15) is 10.6 Å². The van der Waals surface area contributed by atoms with Gasteiger partial charge in [-0.05, 0) is 36.4 Å². The van der Waals surface area contributed by atoms with Crippen LogP contribution in [-0.2, 0) is 9.59 Å². The number of fused-ring (bicyclic) bond motifs is 1. The number of amides is 2. The maximum absolute atomic E-state index is 12.6. The summed E-state index contributed by atoms with van der Waals surface area (Å²) in [5, 5.41) is 6.32. The van der Waals surface area contributed by atoms with Gasteiger partial charge in [0.2, 0.25) is 11.8 Å². The van der Waals surface area contributed by atoms with E-state index < -0.39 is 0 Å². The van der Waals surface area contributed by atoms with Gasteiger partial charge in [0, 0.05) is 31.9 Å². The Morgan fingerprint density at radius 3 is 2.56 bits per heavy atom. The summed E-state index contributed by atoms with van der Waals surface area (Å²) in [5.74, 6) is 0.724. The van der Waals surface area contributed by atoms with Crippen molar-refractivity contribution in [1.82, 2.24) is 19.8 Å². The van der Waals surface area contributed by atoms with E-state index in [1.54, 1.807) is 0 Å². The van der Waals surface area contributed by atoms with Crippen LogP contribution in [0.3, 0.4) is 0 Å². The van der Waals surface area contributed by atoms with Gasteiger partial charge in [-0.1, -0.05) is 30.0 Å². The van der Waals surface area contributed by atoms with Gasteiger partial charge >= 0.3 is 0 Å². The number of carbonyl (C=O) groups excluding carboxylic acids is 2. The number of thioether (sulfide) groups is 1. The van der Waals surface area contributed by atoms with Crippen LogP contribution >= 0.6 is 23.1 Å². The van der Waals surface area contributed by atoms with E-state index in [1.807, 2.05) is 48.4 Å². The fourth-order valence-corrected chi connectivity index (χ4v) is 5.27. The molecule has 8 nitrogen and oxygen atoms in total. The number of nitrogen functional groups attached to an aromatic ring is 1.